The van der Waals surface area contributed by atoms with Crippen molar-refractivity contribution in [2.24, 2.45) is 28.6 Å². The van der Waals surface area contributed by atoms with Crippen LogP contribution in [0.25, 0.3) is 0 Å². The Kier molecular flexibility index (Phi) is 8.06. The third kappa shape index (κ3) is 4.70. The summed E-state index contributed by atoms with van der Waals surface area (Å²) >= 11 is 0. The summed E-state index contributed by atoms with van der Waals surface area (Å²) in [6.07, 6.45) is 9.03. The summed E-state index contributed by atoms with van der Waals surface area (Å²) in [5.41, 5.74) is -1.50. The van der Waals surface area contributed by atoms with Crippen LogP contribution in [0, 0.1) is 28.6 Å². The minimum absolute atomic E-state index is 0.0820. The summed E-state index contributed by atoms with van der Waals surface area (Å²) in [7, 11) is 0. The van der Waals surface area contributed by atoms with E-state index in [9.17, 15) is 19.8 Å². The van der Waals surface area contributed by atoms with Gasteiger partial charge < -0.3 is 38.7 Å². The fourth-order valence-corrected chi connectivity index (χ4v) is 11.9. The molecule has 2 N–H and O–H groups in total. The lowest BCUT2D eigenvalue weighted by molar-refractivity contribution is -0.278. The van der Waals surface area contributed by atoms with Gasteiger partial charge in [0.05, 0.1) is 34.9 Å². The summed E-state index contributed by atoms with van der Waals surface area (Å²) < 4.78 is 31.7. The zero-order chi connectivity index (χ0) is 33.5. The second-order valence-corrected chi connectivity index (χ2v) is 16.4. The highest BCUT2D eigenvalue weighted by molar-refractivity contribution is 5.85. The van der Waals surface area contributed by atoms with Gasteiger partial charge in [-0.15, -0.1) is 0 Å². The van der Waals surface area contributed by atoms with Crippen molar-refractivity contribution >= 4 is 12.3 Å². The Balaban J connectivity index is 0.969. The van der Waals surface area contributed by atoms with Crippen molar-refractivity contribution in [3.8, 4) is 0 Å². The van der Waals surface area contributed by atoms with Gasteiger partial charge in [-0.1, -0.05) is 50.6 Å². The van der Waals surface area contributed by atoms with Crippen LogP contribution < -0.4 is 0 Å². The molecule has 5 unspecified atom stereocenters. The lowest BCUT2D eigenvalue weighted by atomic mass is 9.41. The van der Waals surface area contributed by atoms with Crippen molar-refractivity contribution in [1.29, 1.82) is 0 Å². The number of aldehydes is 1. The summed E-state index contributed by atoms with van der Waals surface area (Å²) in [6, 6.07) is 10.1. The van der Waals surface area contributed by atoms with E-state index in [1.54, 1.807) is 6.08 Å². The molecule has 4 aliphatic carbocycles. The smallest absolute Gasteiger partial charge is 0.331 e. The maximum atomic E-state index is 13.3. The molecule has 4 saturated carbocycles. The number of ether oxygens (including phenoxy) is 5. The number of aliphatic hydroxyl groups is 2. The van der Waals surface area contributed by atoms with E-state index in [1.807, 2.05) is 25.1 Å². The maximum Gasteiger partial charge on any atom is 0.331 e. The van der Waals surface area contributed by atoms with Gasteiger partial charge in [-0.25, -0.2) is 4.79 Å². The number of fused-ring (bicyclic) bond motifs is 6. The molecule has 0 spiro atoms. The van der Waals surface area contributed by atoms with Crippen LogP contribution in [-0.2, 0) is 39.1 Å². The molecule has 3 aliphatic heterocycles. The molecule has 0 bridgehead atoms. The normalized spacial score (nSPS) is 49.7. The van der Waals surface area contributed by atoms with Crippen LogP contribution in [0.3, 0.4) is 0 Å². The van der Waals surface area contributed by atoms with Crippen LogP contribution in [0.5, 0.6) is 0 Å². The Hall–Kier alpha value is -2.14. The number of carbonyl (C=O) groups excluding carboxylic acids is 2. The Bertz CT molecular complexity index is 1450. The molecule has 7 aliphatic rings. The Labute approximate surface area is 283 Å². The van der Waals surface area contributed by atoms with E-state index in [1.165, 1.54) is 0 Å². The van der Waals surface area contributed by atoms with Crippen molar-refractivity contribution in [3.05, 3.63) is 47.5 Å². The lowest BCUT2D eigenvalue weighted by Gasteiger charge is -2.65. The van der Waals surface area contributed by atoms with Crippen molar-refractivity contribution in [1.82, 2.24) is 0 Å². The van der Waals surface area contributed by atoms with E-state index < -0.39 is 34.1 Å². The predicted octanol–water partition coefficient (Wildman–Crippen LogP) is 5.49. The van der Waals surface area contributed by atoms with E-state index in [0.29, 0.717) is 51.6 Å². The first-order valence-electron chi connectivity index (χ1n) is 18.5. The largest absolute Gasteiger partial charge is 0.458 e. The van der Waals surface area contributed by atoms with E-state index >= 15 is 0 Å². The zero-order valence-electron chi connectivity index (χ0n) is 28.6. The van der Waals surface area contributed by atoms with Crippen molar-refractivity contribution < 1.29 is 43.5 Å². The molecule has 262 valence electrons. The third-order valence-corrected chi connectivity index (χ3v) is 14.3. The first kappa shape index (κ1) is 33.0. The number of cyclic esters (lactones) is 1. The molecule has 8 rings (SSSR count). The highest BCUT2D eigenvalue weighted by atomic mass is 16.8. The van der Waals surface area contributed by atoms with Crippen LogP contribution in [0.2, 0.25) is 0 Å². The number of esters is 1. The standard InChI is InChI=1S/C39H52O9/c1-4-14-39(26-8-6-5-7-9-26)47-31-20-33(45-24(2)34(31)48-39)46-27-10-16-36(23-40)29-11-15-35(3)28(25-19-32(41)44-22-25)13-18-38(35,43)30(29)12-17-37(36,42)21-27/h5-9,19,23-24,27-31,33-34,42-43H,4,10-18,20-22H2,1-3H3/t24?,27-,28-,29?,30?,31?,33+,34-,35-,36+,37+,38+,39?/m1/s1. The molecule has 0 amide bonds. The first-order valence-corrected chi connectivity index (χ1v) is 18.5. The van der Waals surface area contributed by atoms with Crippen LogP contribution in [0.1, 0.15) is 103 Å². The summed E-state index contributed by atoms with van der Waals surface area (Å²) in [5.74, 6) is -1.22. The van der Waals surface area contributed by atoms with E-state index in [0.717, 1.165) is 49.5 Å². The van der Waals surface area contributed by atoms with Gasteiger partial charge >= 0.3 is 5.97 Å². The molecule has 6 fully saturated rings. The van der Waals surface area contributed by atoms with Crippen molar-refractivity contribution in [3.63, 3.8) is 0 Å². The second-order valence-electron chi connectivity index (χ2n) is 16.4. The number of carbonyl (C=O) groups is 2. The van der Waals surface area contributed by atoms with Crippen molar-refractivity contribution in [2.75, 3.05) is 6.61 Å². The van der Waals surface area contributed by atoms with Gasteiger partial charge in [-0.2, -0.15) is 0 Å². The Morgan fingerprint density at radius 2 is 1.79 bits per heavy atom. The van der Waals surface area contributed by atoms with Gasteiger partial charge in [-0.3, -0.25) is 0 Å². The molecule has 3 heterocycles. The minimum atomic E-state index is -1.21. The predicted molar refractivity (Wildman–Crippen MR) is 174 cm³/mol. The van der Waals surface area contributed by atoms with Gasteiger partial charge in [0.2, 0.25) is 0 Å². The molecule has 9 heteroatoms. The summed E-state index contributed by atoms with van der Waals surface area (Å²) in [6.45, 7) is 6.62. The highest BCUT2D eigenvalue weighted by Crippen LogP contribution is 2.70. The summed E-state index contributed by atoms with van der Waals surface area (Å²) in [5, 5.41) is 25.0. The molecule has 48 heavy (non-hydrogen) atoms. The number of rotatable bonds is 7. The first-order chi connectivity index (χ1) is 23.0. The third-order valence-electron chi connectivity index (χ3n) is 14.3. The Morgan fingerprint density at radius 1 is 1.00 bits per heavy atom. The molecular formula is C39H52O9. The fraction of sp³-hybridized carbons (Fsp3) is 0.744. The van der Waals surface area contributed by atoms with Crippen LogP contribution >= 0.6 is 0 Å². The molecule has 1 aromatic rings. The fourth-order valence-electron chi connectivity index (χ4n) is 11.9. The van der Waals surface area contributed by atoms with E-state index in [-0.39, 0.29) is 48.1 Å². The van der Waals surface area contributed by atoms with Gasteiger partial charge in [-0.05, 0) is 81.6 Å². The van der Waals surface area contributed by atoms with E-state index in [4.69, 9.17) is 23.7 Å². The number of hydrogen-bond donors (Lipinski definition) is 2. The molecular weight excluding hydrogens is 612 g/mol. The average Bonchev–Trinajstić information content (AvgIpc) is 3.75. The number of hydrogen-bond acceptors (Lipinski definition) is 9. The average molecular weight is 665 g/mol. The van der Waals surface area contributed by atoms with Crippen LogP contribution in [-0.4, -0.2) is 71.0 Å². The van der Waals surface area contributed by atoms with Gasteiger partial charge in [0.15, 0.2) is 12.1 Å². The highest BCUT2D eigenvalue weighted by Gasteiger charge is 2.71. The SMILES string of the molecule is CCCC1(c2ccccc2)OC2C[C@H](O[C@@H]3CC[C@]4(C=O)C5CC[C@]6(C)[C@@H](C7=CC(=O)OC7)CC[C@]6(O)C5CC[C@]4(O)C3)OC(C)[C@H]2O1. The van der Waals surface area contributed by atoms with Gasteiger partial charge in [0, 0.05) is 36.3 Å². The van der Waals surface area contributed by atoms with Crippen molar-refractivity contribution in [2.45, 2.75) is 146 Å². The second kappa shape index (κ2) is 11.7. The van der Waals surface area contributed by atoms with Crippen LogP contribution in [0.4, 0.5) is 0 Å². The molecule has 2 saturated heterocycles. The lowest BCUT2D eigenvalue weighted by Crippen LogP contribution is -2.69. The minimum Gasteiger partial charge on any atom is -0.458 e. The van der Waals surface area contributed by atoms with E-state index in [2.05, 4.69) is 26.0 Å². The zero-order valence-corrected chi connectivity index (χ0v) is 28.6. The monoisotopic (exact) mass is 664 g/mol. The molecule has 9 nitrogen and oxygen atoms in total. The summed E-state index contributed by atoms with van der Waals surface area (Å²) in [4.78, 5) is 25.2. The van der Waals surface area contributed by atoms with Gasteiger partial charge in [0.25, 0.3) is 0 Å². The molecule has 0 radical (unpaired) electrons. The molecule has 13 atom stereocenters. The van der Waals surface area contributed by atoms with Gasteiger partial charge in [0.1, 0.15) is 19.0 Å². The molecule has 0 aromatic heterocycles. The van der Waals surface area contributed by atoms with Crippen LogP contribution in [0.15, 0.2) is 42.0 Å². The maximum absolute atomic E-state index is 13.3. The molecule has 1 aromatic carbocycles. The topological polar surface area (TPSA) is 121 Å². The quantitative estimate of drug-likeness (QED) is 0.221. The number of benzene rings is 1. The Morgan fingerprint density at radius 3 is 2.52 bits per heavy atom.